The standard InChI is InChI=1S/C25H19IN2O3S/c26-20-9-11-22(12-10-20)28-32(30,31)23-15-13-21(14-16-23)27-25(29)17-8-19-6-3-5-18-4-1-2-7-24(18)19/h1-17,28H,(H,27,29). The predicted molar refractivity (Wildman–Crippen MR) is 138 cm³/mol. The number of amides is 1. The largest absolute Gasteiger partial charge is 0.323 e. The van der Waals surface area contributed by atoms with Crippen molar-refractivity contribution in [3.8, 4) is 0 Å². The summed E-state index contributed by atoms with van der Waals surface area (Å²) in [6.45, 7) is 0. The number of carbonyl (C=O) groups excluding carboxylic acids is 1. The number of nitrogens with one attached hydrogen (secondary N) is 2. The third-order valence-electron chi connectivity index (χ3n) is 4.77. The summed E-state index contributed by atoms with van der Waals surface area (Å²) in [7, 11) is -3.72. The normalized spacial score (nSPS) is 11.5. The molecule has 0 aliphatic heterocycles. The molecule has 0 heterocycles. The van der Waals surface area contributed by atoms with Gasteiger partial charge >= 0.3 is 0 Å². The van der Waals surface area contributed by atoms with E-state index < -0.39 is 10.0 Å². The summed E-state index contributed by atoms with van der Waals surface area (Å²) in [5.74, 6) is -0.300. The lowest BCUT2D eigenvalue weighted by Crippen LogP contribution is -2.13. The number of benzene rings is 4. The minimum absolute atomic E-state index is 0.111. The fourth-order valence-electron chi connectivity index (χ4n) is 3.19. The van der Waals surface area contributed by atoms with Gasteiger partial charge in [0, 0.05) is 21.0 Å². The Bertz CT molecular complexity index is 1390. The van der Waals surface area contributed by atoms with E-state index in [1.807, 2.05) is 54.6 Å². The summed E-state index contributed by atoms with van der Waals surface area (Å²) >= 11 is 2.15. The Morgan fingerprint density at radius 3 is 2.19 bits per heavy atom. The maximum absolute atomic E-state index is 12.6. The molecular formula is C25H19IN2O3S. The molecule has 1 amide bonds. The molecule has 4 aromatic rings. The predicted octanol–water partition coefficient (Wildman–Crippen LogP) is 5.90. The van der Waals surface area contributed by atoms with Gasteiger partial charge in [0.1, 0.15) is 0 Å². The molecule has 0 atom stereocenters. The third-order valence-corrected chi connectivity index (χ3v) is 6.88. The van der Waals surface area contributed by atoms with Crippen LogP contribution in [0.2, 0.25) is 0 Å². The average molecular weight is 554 g/mol. The molecule has 0 spiro atoms. The zero-order valence-electron chi connectivity index (χ0n) is 16.8. The molecule has 0 saturated heterocycles. The van der Waals surface area contributed by atoms with Crippen LogP contribution in [-0.4, -0.2) is 14.3 Å². The molecular weight excluding hydrogens is 535 g/mol. The van der Waals surface area contributed by atoms with Crippen LogP contribution in [0.25, 0.3) is 16.8 Å². The third kappa shape index (κ3) is 5.35. The number of fused-ring (bicyclic) bond motifs is 1. The van der Waals surface area contributed by atoms with Crippen LogP contribution in [0, 0.1) is 3.57 Å². The van der Waals surface area contributed by atoms with Gasteiger partial charge in [0.2, 0.25) is 5.91 Å². The van der Waals surface area contributed by atoms with E-state index in [9.17, 15) is 13.2 Å². The molecule has 4 rings (SSSR count). The second-order valence-electron chi connectivity index (χ2n) is 7.03. The number of carbonyl (C=O) groups is 1. The fourth-order valence-corrected chi connectivity index (χ4v) is 4.61. The summed E-state index contributed by atoms with van der Waals surface area (Å²) in [6, 6.07) is 27.0. The van der Waals surface area contributed by atoms with Crippen molar-refractivity contribution in [1.82, 2.24) is 0 Å². The summed E-state index contributed by atoms with van der Waals surface area (Å²) < 4.78 is 28.7. The second-order valence-corrected chi connectivity index (χ2v) is 9.96. The van der Waals surface area contributed by atoms with Crippen molar-refractivity contribution in [2.75, 3.05) is 10.0 Å². The maximum Gasteiger partial charge on any atom is 0.261 e. The Balaban J connectivity index is 1.43. The molecule has 0 aliphatic rings. The Kier molecular flexibility index (Phi) is 6.57. The SMILES string of the molecule is O=C(C=Cc1cccc2ccccc12)Nc1ccc(S(=O)(=O)Nc2ccc(I)cc2)cc1. The Morgan fingerprint density at radius 1 is 0.781 bits per heavy atom. The van der Waals surface area contributed by atoms with Crippen LogP contribution < -0.4 is 10.0 Å². The highest BCUT2D eigenvalue weighted by atomic mass is 127. The Morgan fingerprint density at radius 2 is 1.44 bits per heavy atom. The van der Waals surface area contributed by atoms with Crippen LogP contribution in [-0.2, 0) is 14.8 Å². The van der Waals surface area contributed by atoms with E-state index in [0.29, 0.717) is 11.4 Å². The van der Waals surface area contributed by atoms with E-state index in [1.165, 1.54) is 18.2 Å². The minimum Gasteiger partial charge on any atom is -0.323 e. The fraction of sp³-hybridized carbons (Fsp3) is 0. The molecule has 2 N–H and O–H groups in total. The van der Waals surface area contributed by atoms with E-state index in [2.05, 4.69) is 32.6 Å². The van der Waals surface area contributed by atoms with E-state index >= 15 is 0 Å². The Hall–Kier alpha value is -3.17. The van der Waals surface area contributed by atoms with Gasteiger partial charge in [-0.3, -0.25) is 9.52 Å². The highest BCUT2D eigenvalue weighted by molar-refractivity contribution is 14.1. The van der Waals surface area contributed by atoms with Crippen molar-refractivity contribution in [3.05, 3.63) is 106 Å². The lowest BCUT2D eigenvalue weighted by atomic mass is 10.0. The van der Waals surface area contributed by atoms with Crippen molar-refractivity contribution >= 4 is 66.7 Å². The number of sulfonamides is 1. The Labute approximate surface area is 200 Å². The molecule has 0 fully saturated rings. The highest BCUT2D eigenvalue weighted by Crippen LogP contribution is 2.21. The smallest absolute Gasteiger partial charge is 0.261 e. The van der Waals surface area contributed by atoms with Gasteiger partial charge in [0.25, 0.3) is 10.0 Å². The number of anilines is 2. The first-order valence-corrected chi connectivity index (χ1v) is 12.3. The molecule has 7 heteroatoms. The van der Waals surface area contributed by atoms with Crippen molar-refractivity contribution in [2.24, 2.45) is 0 Å². The van der Waals surface area contributed by atoms with Crippen molar-refractivity contribution in [2.45, 2.75) is 4.90 Å². The van der Waals surface area contributed by atoms with Gasteiger partial charge in [-0.1, -0.05) is 42.5 Å². The van der Waals surface area contributed by atoms with Crippen molar-refractivity contribution < 1.29 is 13.2 Å². The minimum atomic E-state index is -3.72. The van der Waals surface area contributed by atoms with E-state index in [-0.39, 0.29) is 10.8 Å². The van der Waals surface area contributed by atoms with Crippen molar-refractivity contribution in [3.63, 3.8) is 0 Å². The quantitative estimate of drug-likeness (QED) is 0.230. The van der Waals surface area contributed by atoms with Gasteiger partial charge < -0.3 is 5.32 Å². The molecule has 0 aromatic heterocycles. The molecule has 0 bridgehead atoms. The molecule has 0 aliphatic carbocycles. The molecule has 0 radical (unpaired) electrons. The van der Waals surface area contributed by atoms with Crippen molar-refractivity contribution in [1.29, 1.82) is 0 Å². The maximum atomic E-state index is 12.6. The molecule has 0 saturated carbocycles. The highest BCUT2D eigenvalue weighted by Gasteiger charge is 2.14. The lowest BCUT2D eigenvalue weighted by Gasteiger charge is -2.09. The van der Waals surface area contributed by atoms with E-state index in [4.69, 9.17) is 0 Å². The molecule has 160 valence electrons. The first-order chi connectivity index (χ1) is 15.4. The summed E-state index contributed by atoms with van der Waals surface area (Å²) in [4.78, 5) is 12.5. The summed E-state index contributed by atoms with van der Waals surface area (Å²) in [5.41, 5.74) is 1.94. The first-order valence-electron chi connectivity index (χ1n) is 9.76. The average Bonchev–Trinajstić information content (AvgIpc) is 2.79. The van der Waals surface area contributed by atoms with Gasteiger partial charge in [0.15, 0.2) is 0 Å². The monoisotopic (exact) mass is 554 g/mol. The van der Waals surface area contributed by atoms with Crippen LogP contribution in [0.3, 0.4) is 0 Å². The zero-order chi connectivity index (χ0) is 22.6. The lowest BCUT2D eigenvalue weighted by molar-refractivity contribution is -0.111. The molecule has 4 aromatic carbocycles. The molecule has 5 nitrogen and oxygen atoms in total. The van der Waals surface area contributed by atoms with E-state index in [1.54, 1.807) is 30.3 Å². The zero-order valence-corrected chi connectivity index (χ0v) is 19.8. The molecule has 32 heavy (non-hydrogen) atoms. The van der Waals surface area contributed by atoms with Gasteiger partial charge in [-0.15, -0.1) is 0 Å². The van der Waals surface area contributed by atoms with Crippen LogP contribution in [0.5, 0.6) is 0 Å². The van der Waals surface area contributed by atoms with Gasteiger partial charge in [-0.2, -0.15) is 0 Å². The van der Waals surface area contributed by atoms with Gasteiger partial charge in [-0.25, -0.2) is 8.42 Å². The topological polar surface area (TPSA) is 75.3 Å². The number of halogens is 1. The second kappa shape index (κ2) is 9.54. The summed E-state index contributed by atoms with van der Waals surface area (Å²) in [5, 5.41) is 4.92. The number of hydrogen-bond acceptors (Lipinski definition) is 3. The number of rotatable bonds is 6. The van der Waals surface area contributed by atoms with Gasteiger partial charge in [-0.05, 0) is 93.5 Å². The number of hydrogen-bond donors (Lipinski definition) is 2. The first kappa shape index (κ1) is 22.0. The molecule has 0 unspecified atom stereocenters. The van der Waals surface area contributed by atoms with E-state index in [0.717, 1.165) is 19.9 Å². The van der Waals surface area contributed by atoms with Crippen LogP contribution in [0.15, 0.2) is 102 Å². The van der Waals surface area contributed by atoms with Gasteiger partial charge in [0.05, 0.1) is 4.90 Å². The van der Waals surface area contributed by atoms with Crippen LogP contribution in [0.4, 0.5) is 11.4 Å². The van der Waals surface area contributed by atoms with Crippen LogP contribution in [0.1, 0.15) is 5.56 Å². The summed E-state index contributed by atoms with van der Waals surface area (Å²) in [6.07, 6.45) is 3.23. The van der Waals surface area contributed by atoms with Crippen LogP contribution >= 0.6 is 22.6 Å².